The van der Waals surface area contributed by atoms with E-state index >= 15 is 0 Å². The fourth-order valence-corrected chi connectivity index (χ4v) is 2.27. The molecule has 1 amide bonds. The molecule has 0 saturated heterocycles. The summed E-state index contributed by atoms with van der Waals surface area (Å²) in [5, 5.41) is 5.54. The highest BCUT2D eigenvalue weighted by Crippen LogP contribution is 2.29. The van der Waals surface area contributed by atoms with Crippen molar-refractivity contribution in [3.63, 3.8) is 0 Å². The van der Waals surface area contributed by atoms with Crippen molar-refractivity contribution in [1.82, 2.24) is 5.32 Å². The molecular weight excluding hydrogens is 333 g/mol. The van der Waals surface area contributed by atoms with Gasteiger partial charge in [-0.1, -0.05) is 18.2 Å². The zero-order chi connectivity index (χ0) is 18.3. The van der Waals surface area contributed by atoms with E-state index < -0.39 is 11.7 Å². The Morgan fingerprint density at radius 3 is 2.40 bits per heavy atom. The van der Waals surface area contributed by atoms with Crippen LogP contribution < -0.4 is 15.4 Å². The molecule has 0 aromatic heterocycles. The van der Waals surface area contributed by atoms with Crippen LogP contribution in [0.25, 0.3) is 0 Å². The number of rotatable bonds is 7. The standard InChI is InChI=1S/C18H19F3N2O2/c1-25-16-5-3-2-4-13(16)10-11-22-17(24)12-23-15-8-6-14(7-9-15)18(19,20)21/h2-9,23H,10-12H2,1H3,(H,22,24). The number of halogens is 3. The zero-order valence-electron chi connectivity index (χ0n) is 13.7. The van der Waals surface area contributed by atoms with Crippen LogP contribution in [0.3, 0.4) is 0 Å². The first-order valence-electron chi connectivity index (χ1n) is 7.70. The van der Waals surface area contributed by atoms with Gasteiger partial charge in [-0.25, -0.2) is 0 Å². The van der Waals surface area contributed by atoms with Crippen molar-refractivity contribution < 1.29 is 22.7 Å². The summed E-state index contributed by atoms with van der Waals surface area (Å²) in [6.45, 7) is 0.422. The summed E-state index contributed by atoms with van der Waals surface area (Å²) in [5.41, 5.74) is 0.716. The Balaban J connectivity index is 1.75. The Labute approximate surface area is 144 Å². The second-order valence-electron chi connectivity index (χ2n) is 5.34. The molecule has 2 aromatic rings. The van der Waals surface area contributed by atoms with Gasteiger partial charge in [0.15, 0.2) is 0 Å². The third-order valence-electron chi connectivity index (χ3n) is 3.57. The summed E-state index contributed by atoms with van der Waals surface area (Å²) < 4.78 is 42.7. The normalized spacial score (nSPS) is 11.0. The van der Waals surface area contributed by atoms with Gasteiger partial charge in [0.05, 0.1) is 19.2 Å². The minimum Gasteiger partial charge on any atom is -0.496 e. The number of nitrogens with one attached hydrogen (secondary N) is 2. The van der Waals surface area contributed by atoms with Crippen LogP contribution in [0.15, 0.2) is 48.5 Å². The molecule has 2 rings (SSSR count). The van der Waals surface area contributed by atoms with E-state index in [0.29, 0.717) is 18.7 Å². The summed E-state index contributed by atoms with van der Waals surface area (Å²) >= 11 is 0. The number of hydrogen-bond acceptors (Lipinski definition) is 3. The first-order chi connectivity index (χ1) is 11.9. The molecule has 0 radical (unpaired) electrons. The van der Waals surface area contributed by atoms with E-state index in [2.05, 4.69) is 10.6 Å². The largest absolute Gasteiger partial charge is 0.496 e. The molecule has 2 aromatic carbocycles. The predicted octanol–water partition coefficient (Wildman–Crippen LogP) is 3.48. The van der Waals surface area contributed by atoms with Crippen molar-refractivity contribution in [3.05, 3.63) is 59.7 Å². The van der Waals surface area contributed by atoms with E-state index in [1.807, 2.05) is 24.3 Å². The molecule has 0 aliphatic rings. The minimum atomic E-state index is -4.37. The summed E-state index contributed by atoms with van der Waals surface area (Å²) in [4.78, 5) is 11.8. The number of carbonyl (C=O) groups excluding carboxylic acids is 1. The van der Waals surface area contributed by atoms with Crippen LogP contribution in [0.2, 0.25) is 0 Å². The highest BCUT2D eigenvalue weighted by molar-refractivity contribution is 5.80. The third kappa shape index (κ3) is 5.70. The summed E-state index contributed by atoms with van der Waals surface area (Å²) in [6, 6.07) is 12.1. The molecular formula is C18H19F3N2O2. The molecule has 0 heterocycles. The summed E-state index contributed by atoms with van der Waals surface area (Å²) in [7, 11) is 1.59. The van der Waals surface area contributed by atoms with Gasteiger partial charge in [-0.05, 0) is 42.3 Å². The number of hydrogen-bond donors (Lipinski definition) is 2. The third-order valence-corrected chi connectivity index (χ3v) is 3.57. The molecule has 0 aliphatic heterocycles. The maximum Gasteiger partial charge on any atom is 0.416 e. The number of anilines is 1. The highest BCUT2D eigenvalue weighted by atomic mass is 19.4. The van der Waals surface area contributed by atoms with Crippen LogP contribution in [0.4, 0.5) is 18.9 Å². The average Bonchev–Trinajstić information content (AvgIpc) is 2.60. The molecule has 7 heteroatoms. The van der Waals surface area contributed by atoms with Crippen LogP contribution >= 0.6 is 0 Å². The quantitative estimate of drug-likeness (QED) is 0.802. The maximum absolute atomic E-state index is 12.5. The molecule has 0 atom stereocenters. The maximum atomic E-state index is 12.5. The lowest BCUT2D eigenvalue weighted by atomic mass is 10.1. The molecule has 0 spiro atoms. The number of methoxy groups -OCH3 is 1. The molecule has 0 fully saturated rings. The second kappa shape index (κ2) is 8.41. The molecule has 0 aliphatic carbocycles. The van der Waals surface area contributed by atoms with Crippen LogP contribution in [0.1, 0.15) is 11.1 Å². The van der Waals surface area contributed by atoms with E-state index in [-0.39, 0.29) is 12.5 Å². The average molecular weight is 352 g/mol. The molecule has 0 bridgehead atoms. The lowest BCUT2D eigenvalue weighted by Crippen LogP contribution is -2.31. The van der Waals surface area contributed by atoms with Crippen LogP contribution in [-0.2, 0) is 17.4 Å². The number of para-hydroxylation sites is 1. The predicted molar refractivity (Wildman–Crippen MR) is 89.6 cm³/mol. The van der Waals surface area contributed by atoms with Gasteiger partial charge >= 0.3 is 6.18 Å². The van der Waals surface area contributed by atoms with E-state index in [1.165, 1.54) is 12.1 Å². The molecule has 0 unspecified atom stereocenters. The second-order valence-corrected chi connectivity index (χ2v) is 5.34. The van der Waals surface area contributed by atoms with E-state index in [0.717, 1.165) is 23.4 Å². The first-order valence-corrected chi connectivity index (χ1v) is 7.70. The number of amides is 1. The summed E-state index contributed by atoms with van der Waals surface area (Å²) in [5.74, 6) is 0.523. The Morgan fingerprint density at radius 1 is 1.08 bits per heavy atom. The topological polar surface area (TPSA) is 50.4 Å². The van der Waals surface area contributed by atoms with Crippen molar-refractivity contribution in [2.45, 2.75) is 12.6 Å². The first kappa shape index (κ1) is 18.6. The van der Waals surface area contributed by atoms with Gasteiger partial charge in [0.25, 0.3) is 0 Å². The minimum absolute atomic E-state index is 0.0166. The molecule has 0 saturated carbocycles. The van der Waals surface area contributed by atoms with Gasteiger partial charge in [-0.15, -0.1) is 0 Å². The lowest BCUT2D eigenvalue weighted by Gasteiger charge is -2.11. The van der Waals surface area contributed by atoms with E-state index in [4.69, 9.17) is 4.74 Å². The van der Waals surface area contributed by atoms with Gasteiger partial charge in [-0.3, -0.25) is 4.79 Å². The van der Waals surface area contributed by atoms with Crippen LogP contribution in [0, 0.1) is 0 Å². The number of ether oxygens (including phenoxy) is 1. The van der Waals surface area contributed by atoms with Crippen molar-refractivity contribution >= 4 is 11.6 Å². The Kier molecular flexibility index (Phi) is 6.27. The van der Waals surface area contributed by atoms with Gasteiger partial charge < -0.3 is 15.4 Å². The van der Waals surface area contributed by atoms with Crippen molar-refractivity contribution in [1.29, 1.82) is 0 Å². The van der Waals surface area contributed by atoms with Gasteiger partial charge in [-0.2, -0.15) is 13.2 Å². The van der Waals surface area contributed by atoms with E-state index in [1.54, 1.807) is 7.11 Å². The van der Waals surface area contributed by atoms with Crippen LogP contribution in [-0.4, -0.2) is 26.1 Å². The van der Waals surface area contributed by atoms with Gasteiger partial charge in [0, 0.05) is 12.2 Å². The molecule has 2 N–H and O–H groups in total. The zero-order valence-corrected chi connectivity index (χ0v) is 13.7. The van der Waals surface area contributed by atoms with E-state index in [9.17, 15) is 18.0 Å². The van der Waals surface area contributed by atoms with Crippen molar-refractivity contribution in [2.75, 3.05) is 25.5 Å². The fourth-order valence-electron chi connectivity index (χ4n) is 2.27. The Bertz CT molecular complexity index is 700. The summed E-state index contributed by atoms with van der Waals surface area (Å²) in [6.07, 6.45) is -3.75. The molecule has 4 nitrogen and oxygen atoms in total. The van der Waals surface area contributed by atoms with Crippen molar-refractivity contribution in [2.24, 2.45) is 0 Å². The van der Waals surface area contributed by atoms with Crippen LogP contribution in [0.5, 0.6) is 5.75 Å². The molecule has 25 heavy (non-hydrogen) atoms. The van der Waals surface area contributed by atoms with Gasteiger partial charge in [0.2, 0.25) is 5.91 Å². The monoisotopic (exact) mass is 352 g/mol. The fraction of sp³-hybridized carbons (Fsp3) is 0.278. The molecule has 134 valence electrons. The highest BCUT2D eigenvalue weighted by Gasteiger charge is 2.29. The van der Waals surface area contributed by atoms with Gasteiger partial charge in [0.1, 0.15) is 5.75 Å². The Morgan fingerprint density at radius 2 is 1.76 bits per heavy atom. The smallest absolute Gasteiger partial charge is 0.416 e. The number of carbonyl (C=O) groups is 1. The SMILES string of the molecule is COc1ccccc1CCNC(=O)CNc1ccc(C(F)(F)F)cc1. The number of alkyl halides is 3. The lowest BCUT2D eigenvalue weighted by molar-refractivity contribution is -0.137. The Hall–Kier alpha value is -2.70. The number of benzene rings is 2. The van der Waals surface area contributed by atoms with Crippen molar-refractivity contribution in [3.8, 4) is 5.75 Å².